The third kappa shape index (κ3) is 29.2. The first-order chi connectivity index (χ1) is 7.72. The molecule has 1 saturated carbocycles. The van der Waals surface area contributed by atoms with Crippen LogP contribution in [0, 0.1) is 5.92 Å². The van der Waals surface area contributed by atoms with Crippen molar-refractivity contribution in [1.82, 2.24) is 0 Å². The van der Waals surface area contributed by atoms with E-state index in [-0.39, 0.29) is 0 Å². The van der Waals surface area contributed by atoms with E-state index in [1.54, 1.807) is 6.92 Å². The summed E-state index contributed by atoms with van der Waals surface area (Å²) in [4.78, 5) is 9.18. The van der Waals surface area contributed by atoms with Crippen molar-refractivity contribution in [3.05, 3.63) is 0 Å². The van der Waals surface area contributed by atoms with Gasteiger partial charge in [0.2, 0.25) is 0 Å². The zero-order valence-corrected chi connectivity index (χ0v) is 12.2. The van der Waals surface area contributed by atoms with Crippen molar-refractivity contribution in [2.75, 3.05) is 6.61 Å². The fourth-order valence-electron chi connectivity index (χ4n) is 1.20. The van der Waals surface area contributed by atoms with Gasteiger partial charge in [0.25, 0.3) is 6.47 Å². The molecule has 0 saturated heterocycles. The average molecular weight is 232 g/mol. The second kappa shape index (κ2) is 24.0. The third-order valence-electron chi connectivity index (χ3n) is 1.88. The molecule has 2 heteroatoms. The lowest BCUT2D eigenvalue weighted by molar-refractivity contribution is -0.128. The zero-order chi connectivity index (χ0) is 13.2. The Hall–Kier alpha value is -0.530. The van der Waals surface area contributed by atoms with Crippen LogP contribution in [0.3, 0.4) is 0 Å². The first-order valence-electron chi connectivity index (χ1n) is 6.78. The largest absolute Gasteiger partial charge is 0.468 e. The second-order valence-corrected chi connectivity index (χ2v) is 3.65. The van der Waals surface area contributed by atoms with Gasteiger partial charge in [-0.25, -0.2) is 0 Å². The van der Waals surface area contributed by atoms with Crippen LogP contribution in [0.1, 0.15) is 73.6 Å². The first-order valence-corrected chi connectivity index (χ1v) is 6.78. The fraction of sp³-hybridized carbons (Fsp3) is 0.929. The molecular weight excluding hydrogens is 200 g/mol. The van der Waals surface area contributed by atoms with E-state index in [2.05, 4.69) is 25.5 Å². The second-order valence-electron chi connectivity index (χ2n) is 3.65. The van der Waals surface area contributed by atoms with Crippen LogP contribution in [0.5, 0.6) is 0 Å². The van der Waals surface area contributed by atoms with Gasteiger partial charge in [-0.15, -0.1) is 0 Å². The maximum Gasteiger partial charge on any atom is 0.293 e. The predicted octanol–water partition coefficient (Wildman–Crippen LogP) is 4.82. The van der Waals surface area contributed by atoms with Crippen molar-refractivity contribution in [3.8, 4) is 0 Å². The van der Waals surface area contributed by atoms with Crippen molar-refractivity contribution >= 4 is 6.47 Å². The van der Waals surface area contributed by atoms with Gasteiger partial charge in [-0.3, -0.25) is 4.79 Å². The summed E-state index contributed by atoms with van der Waals surface area (Å²) in [5.74, 6) is 1.05. The smallest absolute Gasteiger partial charge is 0.293 e. The maximum absolute atomic E-state index is 9.18. The van der Waals surface area contributed by atoms with Gasteiger partial charge in [0.15, 0.2) is 0 Å². The molecule has 0 spiro atoms. The van der Waals surface area contributed by atoms with Gasteiger partial charge in [-0.2, -0.15) is 0 Å². The first kappa shape index (κ1) is 20.8. The standard InChI is InChI=1S/C6H12.C3H6O2.C3H8.C2H6/c1-6-4-2-3-5-6;1-2-5-3-4;1-3-2;1-2/h6H,2-5H2,1H3;3H,2H2,1H3;3H2,1-2H3;1-2H3. The molecular formula is C14H32O2. The van der Waals surface area contributed by atoms with Crippen molar-refractivity contribution in [2.24, 2.45) is 5.92 Å². The summed E-state index contributed by atoms with van der Waals surface area (Å²) in [5.41, 5.74) is 0. The molecule has 0 heterocycles. The van der Waals surface area contributed by atoms with Crippen LogP contribution in [-0.4, -0.2) is 13.1 Å². The highest BCUT2D eigenvalue weighted by atomic mass is 16.5. The SMILES string of the molecule is CC.CC1CCCC1.CCC.CCOC=O. The minimum atomic E-state index is 0.431. The van der Waals surface area contributed by atoms with Crippen molar-refractivity contribution in [3.63, 3.8) is 0 Å². The quantitative estimate of drug-likeness (QED) is 0.638. The van der Waals surface area contributed by atoms with Crippen LogP contribution >= 0.6 is 0 Å². The van der Waals surface area contributed by atoms with E-state index in [1.165, 1.54) is 32.1 Å². The topological polar surface area (TPSA) is 26.3 Å². The van der Waals surface area contributed by atoms with E-state index in [1.807, 2.05) is 13.8 Å². The molecule has 0 bridgehead atoms. The van der Waals surface area contributed by atoms with Crippen LogP contribution in [-0.2, 0) is 9.53 Å². The van der Waals surface area contributed by atoms with Crippen LogP contribution in [0.2, 0.25) is 0 Å². The molecule has 2 nitrogen and oxygen atoms in total. The number of hydrogen-bond acceptors (Lipinski definition) is 2. The van der Waals surface area contributed by atoms with Crippen LogP contribution in [0.25, 0.3) is 0 Å². The monoisotopic (exact) mass is 232 g/mol. The van der Waals surface area contributed by atoms with Crippen LogP contribution in [0.4, 0.5) is 0 Å². The fourth-order valence-corrected chi connectivity index (χ4v) is 1.20. The predicted molar refractivity (Wildman–Crippen MR) is 72.6 cm³/mol. The molecule has 0 aromatic carbocycles. The van der Waals surface area contributed by atoms with Gasteiger partial charge in [-0.1, -0.05) is 66.7 Å². The van der Waals surface area contributed by atoms with Crippen LogP contribution in [0.15, 0.2) is 0 Å². The molecule has 0 unspecified atom stereocenters. The Balaban J connectivity index is -0.000000155. The molecule has 1 aliphatic rings. The summed E-state index contributed by atoms with van der Waals surface area (Å²) in [6, 6.07) is 0. The number of ether oxygens (including phenoxy) is 1. The molecule has 0 N–H and O–H groups in total. The highest BCUT2D eigenvalue weighted by Gasteiger charge is 2.07. The van der Waals surface area contributed by atoms with Gasteiger partial charge in [0.05, 0.1) is 6.61 Å². The normalized spacial score (nSPS) is 13.1. The summed E-state index contributed by atoms with van der Waals surface area (Å²) in [5, 5.41) is 0. The van der Waals surface area contributed by atoms with E-state index in [0.717, 1.165) is 5.92 Å². The molecule has 0 radical (unpaired) electrons. The Morgan fingerprint density at radius 1 is 1.12 bits per heavy atom. The average Bonchev–Trinajstić information content (AvgIpc) is 2.75. The lowest BCUT2D eigenvalue weighted by Gasteiger charge is -1.91. The Kier molecular flexibility index (Phi) is 31.2. The number of rotatable bonds is 2. The van der Waals surface area contributed by atoms with Gasteiger partial charge in [0.1, 0.15) is 0 Å². The van der Waals surface area contributed by atoms with E-state index in [4.69, 9.17) is 0 Å². The number of carbonyl (C=O) groups is 1. The molecule has 1 fully saturated rings. The Morgan fingerprint density at radius 3 is 1.56 bits per heavy atom. The van der Waals surface area contributed by atoms with Gasteiger partial charge < -0.3 is 4.74 Å². The number of carbonyl (C=O) groups excluding carboxylic acids is 1. The summed E-state index contributed by atoms with van der Waals surface area (Å²) in [6.45, 7) is 13.3. The molecule has 100 valence electrons. The van der Waals surface area contributed by atoms with Crippen LogP contribution < -0.4 is 0 Å². The summed E-state index contributed by atoms with van der Waals surface area (Å²) >= 11 is 0. The minimum absolute atomic E-state index is 0.431. The zero-order valence-electron chi connectivity index (χ0n) is 12.2. The maximum atomic E-state index is 9.18. The van der Waals surface area contributed by atoms with Crippen molar-refractivity contribution in [2.45, 2.75) is 73.6 Å². The molecule has 1 rings (SSSR count). The van der Waals surface area contributed by atoms with Crippen molar-refractivity contribution < 1.29 is 9.53 Å². The molecule has 0 aromatic rings. The molecule has 1 aliphatic carbocycles. The van der Waals surface area contributed by atoms with E-state index < -0.39 is 0 Å². The Morgan fingerprint density at radius 2 is 1.50 bits per heavy atom. The minimum Gasteiger partial charge on any atom is -0.468 e. The molecule has 0 aromatic heterocycles. The lowest BCUT2D eigenvalue weighted by atomic mass is 10.2. The Bertz CT molecular complexity index is 96.9. The molecule has 16 heavy (non-hydrogen) atoms. The van der Waals surface area contributed by atoms with Gasteiger partial charge >= 0.3 is 0 Å². The number of hydrogen-bond donors (Lipinski definition) is 0. The third-order valence-corrected chi connectivity index (χ3v) is 1.88. The molecule has 0 atom stereocenters. The summed E-state index contributed by atoms with van der Waals surface area (Å²) in [6.07, 6.45) is 7.20. The Labute approximate surface area is 103 Å². The lowest BCUT2D eigenvalue weighted by Crippen LogP contribution is -1.80. The highest BCUT2D eigenvalue weighted by Crippen LogP contribution is 2.22. The summed E-state index contributed by atoms with van der Waals surface area (Å²) in [7, 11) is 0. The molecule has 0 aliphatic heterocycles. The summed E-state index contributed by atoms with van der Waals surface area (Å²) < 4.78 is 4.15. The van der Waals surface area contributed by atoms with E-state index >= 15 is 0 Å². The van der Waals surface area contributed by atoms with Gasteiger partial charge in [-0.05, 0) is 12.8 Å². The molecule has 0 amide bonds. The van der Waals surface area contributed by atoms with E-state index in [9.17, 15) is 4.79 Å². The van der Waals surface area contributed by atoms with Crippen molar-refractivity contribution in [1.29, 1.82) is 0 Å². The highest BCUT2D eigenvalue weighted by molar-refractivity contribution is 5.36. The van der Waals surface area contributed by atoms with E-state index in [0.29, 0.717) is 13.1 Å². The van der Waals surface area contributed by atoms with Gasteiger partial charge in [0, 0.05) is 0 Å².